The average Bonchev–Trinajstić information content (AvgIpc) is 2.74. The second-order valence-electron chi connectivity index (χ2n) is 4.46. The molecule has 0 saturated carbocycles. The highest BCUT2D eigenvalue weighted by atomic mass is 32.1. The van der Waals surface area contributed by atoms with E-state index in [4.69, 9.17) is 15.2 Å². The van der Waals surface area contributed by atoms with Crippen LogP contribution in [0.15, 0.2) is 11.4 Å². The van der Waals surface area contributed by atoms with E-state index in [1.165, 1.54) is 0 Å². The van der Waals surface area contributed by atoms with Crippen molar-refractivity contribution in [2.45, 2.75) is 38.3 Å². The molecular weight excluding hydrogens is 222 g/mol. The van der Waals surface area contributed by atoms with Crippen molar-refractivity contribution in [3.63, 3.8) is 0 Å². The van der Waals surface area contributed by atoms with Gasteiger partial charge in [0, 0.05) is 13.2 Å². The minimum atomic E-state index is -0.109. The zero-order chi connectivity index (χ0) is 12.2. The van der Waals surface area contributed by atoms with Crippen molar-refractivity contribution in [2.75, 3.05) is 14.2 Å². The van der Waals surface area contributed by atoms with Crippen LogP contribution in [-0.2, 0) is 4.74 Å². The second-order valence-corrected chi connectivity index (χ2v) is 5.41. The SMILES string of the molecule is COc1ccsc1C(N)CCC(C)(C)OC. The first-order chi connectivity index (χ1) is 7.50. The van der Waals surface area contributed by atoms with Crippen molar-refractivity contribution in [1.82, 2.24) is 0 Å². The number of thiophene rings is 1. The number of ether oxygens (including phenoxy) is 2. The molecule has 2 N–H and O–H groups in total. The summed E-state index contributed by atoms with van der Waals surface area (Å²) < 4.78 is 10.6. The van der Waals surface area contributed by atoms with Crippen molar-refractivity contribution >= 4 is 11.3 Å². The van der Waals surface area contributed by atoms with E-state index >= 15 is 0 Å². The molecule has 0 aliphatic heterocycles. The minimum Gasteiger partial charge on any atom is -0.496 e. The van der Waals surface area contributed by atoms with Gasteiger partial charge in [-0.2, -0.15) is 0 Å². The smallest absolute Gasteiger partial charge is 0.134 e. The Balaban J connectivity index is 2.56. The molecule has 92 valence electrons. The fourth-order valence-electron chi connectivity index (χ4n) is 1.48. The summed E-state index contributed by atoms with van der Waals surface area (Å²) in [5, 5.41) is 2.01. The highest BCUT2D eigenvalue weighted by molar-refractivity contribution is 7.10. The lowest BCUT2D eigenvalue weighted by atomic mass is 9.98. The summed E-state index contributed by atoms with van der Waals surface area (Å²) in [6, 6.07) is 1.99. The van der Waals surface area contributed by atoms with Crippen molar-refractivity contribution in [1.29, 1.82) is 0 Å². The molecule has 0 aromatic carbocycles. The molecule has 0 amide bonds. The number of hydrogen-bond acceptors (Lipinski definition) is 4. The van der Waals surface area contributed by atoms with Crippen molar-refractivity contribution < 1.29 is 9.47 Å². The second kappa shape index (κ2) is 5.66. The van der Waals surface area contributed by atoms with Gasteiger partial charge in [-0.05, 0) is 38.1 Å². The Bertz CT molecular complexity index is 323. The molecule has 1 heterocycles. The minimum absolute atomic E-state index is 0.0318. The molecule has 1 atom stereocenters. The molecular formula is C12H21NO2S. The maximum Gasteiger partial charge on any atom is 0.134 e. The molecule has 0 fully saturated rings. The van der Waals surface area contributed by atoms with Crippen LogP contribution in [0, 0.1) is 0 Å². The van der Waals surface area contributed by atoms with Gasteiger partial charge in [0.15, 0.2) is 0 Å². The van der Waals surface area contributed by atoms with Gasteiger partial charge in [-0.25, -0.2) is 0 Å². The molecule has 1 unspecified atom stereocenters. The normalized spacial score (nSPS) is 13.8. The predicted octanol–water partition coefficient (Wildman–Crippen LogP) is 2.96. The monoisotopic (exact) mass is 243 g/mol. The first-order valence-electron chi connectivity index (χ1n) is 5.42. The van der Waals surface area contributed by atoms with Crippen LogP contribution in [0.25, 0.3) is 0 Å². The van der Waals surface area contributed by atoms with Crippen LogP contribution in [0.5, 0.6) is 5.75 Å². The maximum absolute atomic E-state index is 6.15. The largest absolute Gasteiger partial charge is 0.496 e. The topological polar surface area (TPSA) is 44.5 Å². The Morgan fingerprint density at radius 3 is 2.69 bits per heavy atom. The fraction of sp³-hybridized carbons (Fsp3) is 0.667. The van der Waals surface area contributed by atoms with Gasteiger partial charge in [0.25, 0.3) is 0 Å². The van der Waals surface area contributed by atoms with Gasteiger partial charge in [0.2, 0.25) is 0 Å². The fourth-order valence-corrected chi connectivity index (χ4v) is 2.38. The molecule has 0 saturated heterocycles. The molecule has 0 aliphatic rings. The van der Waals surface area contributed by atoms with Crippen LogP contribution in [0.3, 0.4) is 0 Å². The van der Waals surface area contributed by atoms with E-state index in [1.807, 2.05) is 11.4 Å². The first-order valence-corrected chi connectivity index (χ1v) is 6.30. The zero-order valence-corrected chi connectivity index (χ0v) is 11.3. The van der Waals surface area contributed by atoms with Crippen LogP contribution in [-0.4, -0.2) is 19.8 Å². The molecule has 0 spiro atoms. The number of hydrogen-bond donors (Lipinski definition) is 1. The van der Waals surface area contributed by atoms with Gasteiger partial charge < -0.3 is 15.2 Å². The van der Waals surface area contributed by atoms with Gasteiger partial charge >= 0.3 is 0 Å². The van der Waals surface area contributed by atoms with Gasteiger partial charge in [-0.1, -0.05) is 0 Å². The summed E-state index contributed by atoms with van der Waals surface area (Å²) in [5.74, 6) is 0.896. The molecule has 1 aromatic rings. The highest BCUT2D eigenvalue weighted by Gasteiger charge is 2.20. The van der Waals surface area contributed by atoms with Crippen molar-refractivity contribution in [3.8, 4) is 5.75 Å². The van der Waals surface area contributed by atoms with Crippen LogP contribution < -0.4 is 10.5 Å². The molecule has 0 bridgehead atoms. The summed E-state index contributed by atoms with van der Waals surface area (Å²) in [7, 11) is 3.41. The quantitative estimate of drug-likeness (QED) is 0.835. The third-order valence-corrected chi connectivity index (χ3v) is 3.85. The highest BCUT2D eigenvalue weighted by Crippen LogP contribution is 2.33. The third-order valence-electron chi connectivity index (χ3n) is 2.82. The predicted molar refractivity (Wildman–Crippen MR) is 68.1 cm³/mol. The Kier molecular flexibility index (Phi) is 4.77. The lowest BCUT2D eigenvalue weighted by Crippen LogP contribution is -2.24. The summed E-state index contributed by atoms with van der Waals surface area (Å²) in [4.78, 5) is 1.12. The molecule has 0 radical (unpaired) electrons. The number of methoxy groups -OCH3 is 2. The van der Waals surface area contributed by atoms with E-state index in [1.54, 1.807) is 25.6 Å². The van der Waals surface area contributed by atoms with Crippen LogP contribution >= 0.6 is 11.3 Å². The Labute approximate surface area is 102 Å². The van der Waals surface area contributed by atoms with E-state index in [0.29, 0.717) is 0 Å². The van der Waals surface area contributed by atoms with E-state index in [9.17, 15) is 0 Å². The summed E-state index contributed by atoms with van der Waals surface area (Å²) in [6.45, 7) is 4.15. The Hall–Kier alpha value is -0.580. The number of rotatable bonds is 6. The Morgan fingerprint density at radius 1 is 1.44 bits per heavy atom. The molecule has 1 rings (SSSR count). The zero-order valence-electron chi connectivity index (χ0n) is 10.4. The lowest BCUT2D eigenvalue weighted by Gasteiger charge is -2.24. The van der Waals surface area contributed by atoms with Gasteiger partial charge in [0.1, 0.15) is 5.75 Å². The summed E-state index contributed by atoms with van der Waals surface area (Å²) in [5.41, 5.74) is 6.04. The summed E-state index contributed by atoms with van der Waals surface area (Å²) >= 11 is 1.65. The summed E-state index contributed by atoms with van der Waals surface area (Å²) in [6.07, 6.45) is 1.84. The molecule has 0 aliphatic carbocycles. The lowest BCUT2D eigenvalue weighted by molar-refractivity contribution is 0.0125. The van der Waals surface area contributed by atoms with Crippen molar-refractivity contribution in [3.05, 3.63) is 16.3 Å². The van der Waals surface area contributed by atoms with Crippen molar-refractivity contribution in [2.24, 2.45) is 5.73 Å². The van der Waals surface area contributed by atoms with Crippen LogP contribution in [0.2, 0.25) is 0 Å². The standard InChI is InChI=1S/C12H21NO2S/c1-12(2,15-4)7-5-9(13)11-10(14-3)6-8-16-11/h6,8-9H,5,7,13H2,1-4H3. The number of nitrogens with two attached hydrogens (primary N) is 1. The van der Waals surface area contributed by atoms with Gasteiger partial charge in [0.05, 0.1) is 17.6 Å². The molecule has 3 nitrogen and oxygen atoms in total. The molecule has 16 heavy (non-hydrogen) atoms. The average molecular weight is 243 g/mol. The first kappa shape index (κ1) is 13.5. The van der Waals surface area contributed by atoms with E-state index in [2.05, 4.69) is 13.8 Å². The van der Waals surface area contributed by atoms with Crippen LogP contribution in [0.4, 0.5) is 0 Å². The van der Waals surface area contributed by atoms with E-state index in [0.717, 1.165) is 23.5 Å². The third kappa shape index (κ3) is 3.47. The van der Waals surface area contributed by atoms with E-state index in [-0.39, 0.29) is 11.6 Å². The van der Waals surface area contributed by atoms with Gasteiger partial charge in [-0.15, -0.1) is 11.3 Å². The molecule has 1 aromatic heterocycles. The van der Waals surface area contributed by atoms with E-state index < -0.39 is 0 Å². The Morgan fingerprint density at radius 2 is 2.12 bits per heavy atom. The van der Waals surface area contributed by atoms with Gasteiger partial charge in [-0.3, -0.25) is 0 Å². The van der Waals surface area contributed by atoms with Crippen LogP contribution in [0.1, 0.15) is 37.6 Å². The molecule has 4 heteroatoms. The maximum atomic E-state index is 6.15.